The number of aromatic nitrogens is 2. The van der Waals surface area contributed by atoms with Gasteiger partial charge in [0.25, 0.3) is 5.91 Å². The number of amides is 1. The third-order valence-electron chi connectivity index (χ3n) is 5.84. The van der Waals surface area contributed by atoms with E-state index in [0.717, 1.165) is 41.8 Å². The van der Waals surface area contributed by atoms with E-state index < -0.39 is 11.9 Å². The molecule has 1 aromatic carbocycles. The average molecular weight is 437 g/mol. The topological polar surface area (TPSA) is 75.1 Å². The monoisotopic (exact) mass is 437 g/mol. The Morgan fingerprint density at radius 1 is 0.969 bits per heavy atom. The number of pyridine rings is 2. The normalized spacial score (nSPS) is 18.3. The van der Waals surface area contributed by atoms with E-state index >= 15 is 0 Å². The quantitative estimate of drug-likeness (QED) is 0.605. The zero-order valence-electron chi connectivity index (χ0n) is 17.6. The maximum Gasteiger partial charge on any atom is 0.253 e. The number of rotatable bonds is 6. The number of aryl methyl sites for hydroxylation is 2. The molecule has 2 heterocycles. The molecule has 1 fully saturated rings. The predicted molar refractivity (Wildman–Crippen MR) is 117 cm³/mol. The molecule has 2 aromatic heterocycles. The molecule has 1 saturated carbocycles. The molecule has 0 aliphatic heterocycles. The summed E-state index contributed by atoms with van der Waals surface area (Å²) >= 11 is 0. The van der Waals surface area contributed by atoms with Gasteiger partial charge in [-0.15, -0.1) is 0 Å². The van der Waals surface area contributed by atoms with E-state index in [1.165, 1.54) is 30.6 Å². The number of nitrogens with one attached hydrogen (secondary N) is 1. The van der Waals surface area contributed by atoms with Crippen molar-refractivity contribution < 1.29 is 18.7 Å². The Morgan fingerprint density at radius 3 is 2.44 bits per heavy atom. The van der Waals surface area contributed by atoms with Crippen molar-refractivity contribution in [1.29, 1.82) is 0 Å². The van der Waals surface area contributed by atoms with Gasteiger partial charge in [-0.3, -0.25) is 14.8 Å². The van der Waals surface area contributed by atoms with Crippen LogP contribution in [0, 0.1) is 11.6 Å². The molecule has 0 spiro atoms. The molecule has 5 nitrogen and oxygen atoms in total. The molecule has 1 aliphatic rings. The Bertz CT molecular complexity index is 1070. The van der Waals surface area contributed by atoms with Crippen LogP contribution < -0.4 is 5.32 Å². The van der Waals surface area contributed by atoms with Crippen LogP contribution in [-0.4, -0.2) is 33.1 Å². The second-order valence-corrected chi connectivity index (χ2v) is 8.12. The van der Waals surface area contributed by atoms with E-state index in [1.54, 1.807) is 24.3 Å². The molecule has 166 valence electrons. The van der Waals surface area contributed by atoms with E-state index in [0.29, 0.717) is 24.8 Å². The van der Waals surface area contributed by atoms with Crippen LogP contribution >= 0.6 is 0 Å². The van der Waals surface area contributed by atoms with Crippen molar-refractivity contribution in [3.8, 4) is 11.1 Å². The zero-order valence-corrected chi connectivity index (χ0v) is 17.6. The van der Waals surface area contributed by atoms with Gasteiger partial charge in [-0.2, -0.15) is 0 Å². The van der Waals surface area contributed by atoms with Crippen LogP contribution in [-0.2, 0) is 12.8 Å². The highest BCUT2D eigenvalue weighted by Gasteiger charge is 2.25. The minimum Gasteiger partial charge on any atom is -0.391 e. The number of hydrogen-bond acceptors (Lipinski definition) is 4. The summed E-state index contributed by atoms with van der Waals surface area (Å²) in [6.45, 7) is 0. The number of aliphatic hydroxyl groups is 1. The fraction of sp³-hybridized carbons (Fsp3) is 0.320. The SMILES string of the molecule is O=C(NC1CCCCC1O)c1cnc(CCc2ccc(F)cn2)c(-c2ccc(F)cc2)c1. The molecule has 0 radical (unpaired) electrons. The van der Waals surface area contributed by atoms with Crippen molar-refractivity contribution in [2.75, 3.05) is 0 Å². The fourth-order valence-corrected chi connectivity index (χ4v) is 4.03. The molecule has 3 aromatic rings. The van der Waals surface area contributed by atoms with Crippen molar-refractivity contribution >= 4 is 5.91 Å². The minimum atomic E-state index is -0.542. The molecule has 1 aliphatic carbocycles. The number of halogens is 2. The fourth-order valence-electron chi connectivity index (χ4n) is 4.03. The van der Waals surface area contributed by atoms with Gasteiger partial charge in [-0.05, 0) is 61.6 Å². The van der Waals surface area contributed by atoms with Crippen LogP contribution in [0.5, 0.6) is 0 Å². The number of hydrogen-bond donors (Lipinski definition) is 2. The second-order valence-electron chi connectivity index (χ2n) is 8.12. The van der Waals surface area contributed by atoms with Crippen LogP contribution in [0.1, 0.15) is 47.4 Å². The second kappa shape index (κ2) is 9.96. The first-order chi connectivity index (χ1) is 15.5. The summed E-state index contributed by atoms with van der Waals surface area (Å²) in [7, 11) is 0. The summed E-state index contributed by atoms with van der Waals surface area (Å²) in [4.78, 5) is 21.5. The molecule has 2 unspecified atom stereocenters. The molecular weight excluding hydrogens is 412 g/mol. The van der Waals surface area contributed by atoms with Crippen LogP contribution in [0.3, 0.4) is 0 Å². The predicted octanol–water partition coefficient (Wildman–Crippen LogP) is 4.24. The van der Waals surface area contributed by atoms with E-state index in [1.807, 2.05) is 0 Å². The van der Waals surface area contributed by atoms with Gasteiger partial charge in [-0.25, -0.2) is 8.78 Å². The van der Waals surface area contributed by atoms with Gasteiger partial charge in [0.1, 0.15) is 11.6 Å². The van der Waals surface area contributed by atoms with Crippen molar-refractivity contribution in [3.05, 3.63) is 83.4 Å². The largest absolute Gasteiger partial charge is 0.391 e. The average Bonchev–Trinajstić information content (AvgIpc) is 2.81. The van der Waals surface area contributed by atoms with Gasteiger partial charge in [0.2, 0.25) is 0 Å². The van der Waals surface area contributed by atoms with Gasteiger partial charge >= 0.3 is 0 Å². The van der Waals surface area contributed by atoms with Crippen molar-refractivity contribution in [2.24, 2.45) is 0 Å². The van der Waals surface area contributed by atoms with Crippen LogP contribution in [0.25, 0.3) is 11.1 Å². The Morgan fingerprint density at radius 2 is 1.72 bits per heavy atom. The number of nitrogens with zero attached hydrogens (tertiary/aromatic N) is 2. The minimum absolute atomic E-state index is 0.269. The van der Waals surface area contributed by atoms with Gasteiger partial charge in [0, 0.05) is 23.1 Å². The Labute approximate surface area is 185 Å². The van der Waals surface area contributed by atoms with Crippen molar-refractivity contribution in [3.63, 3.8) is 0 Å². The lowest BCUT2D eigenvalue weighted by Crippen LogP contribution is -2.45. The Kier molecular flexibility index (Phi) is 6.85. The first-order valence-electron chi connectivity index (χ1n) is 10.8. The highest BCUT2D eigenvalue weighted by Crippen LogP contribution is 2.26. The summed E-state index contributed by atoms with van der Waals surface area (Å²) in [5, 5.41) is 13.1. The lowest BCUT2D eigenvalue weighted by Gasteiger charge is -2.28. The third kappa shape index (κ3) is 5.34. The molecule has 0 saturated heterocycles. The van der Waals surface area contributed by atoms with E-state index in [2.05, 4.69) is 15.3 Å². The molecule has 32 heavy (non-hydrogen) atoms. The summed E-state index contributed by atoms with van der Waals surface area (Å²) < 4.78 is 26.6. The molecule has 2 N–H and O–H groups in total. The van der Waals surface area contributed by atoms with E-state index in [4.69, 9.17) is 0 Å². The summed E-state index contributed by atoms with van der Waals surface area (Å²) in [6.07, 6.45) is 6.57. The van der Waals surface area contributed by atoms with Crippen LogP contribution in [0.15, 0.2) is 54.9 Å². The lowest BCUT2D eigenvalue weighted by atomic mass is 9.92. The molecule has 0 bridgehead atoms. The summed E-state index contributed by atoms with van der Waals surface area (Å²) in [5.41, 5.74) is 3.31. The first kappa shape index (κ1) is 22.0. The molecule has 4 rings (SSSR count). The standard InChI is InChI=1S/C25H25F2N3O2/c26-18-7-5-16(6-8-18)21-13-17(25(32)30-23-3-1-2-4-24(23)31)14-29-22(21)12-11-20-10-9-19(27)15-28-20/h5-10,13-15,23-24,31H,1-4,11-12H2,(H,30,32). The highest BCUT2D eigenvalue weighted by atomic mass is 19.1. The van der Waals surface area contributed by atoms with Crippen LogP contribution in [0.2, 0.25) is 0 Å². The smallest absolute Gasteiger partial charge is 0.253 e. The van der Waals surface area contributed by atoms with Gasteiger partial charge < -0.3 is 10.4 Å². The summed E-state index contributed by atoms with van der Waals surface area (Å²) in [6, 6.07) is 10.5. The Hall–Kier alpha value is -3.19. The van der Waals surface area contributed by atoms with Gasteiger partial charge in [0.15, 0.2) is 0 Å². The lowest BCUT2D eigenvalue weighted by molar-refractivity contribution is 0.0717. The highest BCUT2D eigenvalue weighted by molar-refractivity contribution is 5.95. The Balaban J connectivity index is 1.58. The third-order valence-corrected chi connectivity index (χ3v) is 5.84. The van der Waals surface area contributed by atoms with Crippen molar-refractivity contribution in [1.82, 2.24) is 15.3 Å². The summed E-state index contributed by atoms with van der Waals surface area (Å²) in [5.74, 6) is -1.03. The van der Waals surface area contributed by atoms with E-state index in [9.17, 15) is 18.7 Å². The zero-order chi connectivity index (χ0) is 22.5. The molecule has 2 atom stereocenters. The number of aliphatic hydroxyl groups excluding tert-OH is 1. The molecular formula is C25H25F2N3O2. The number of carbonyl (C=O) groups excluding carboxylic acids is 1. The van der Waals surface area contributed by atoms with Gasteiger partial charge in [0.05, 0.1) is 23.9 Å². The maximum atomic E-state index is 13.5. The molecule has 7 heteroatoms. The van der Waals surface area contributed by atoms with Crippen LogP contribution in [0.4, 0.5) is 8.78 Å². The maximum absolute atomic E-state index is 13.5. The first-order valence-corrected chi connectivity index (χ1v) is 10.8. The van der Waals surface area contributed by atoms with Gasteiger partial charge in [-0.1, -0.05) is 25.0 Å². The molecule has 1 amide bonds. The van der Waals surface area contributed by atoms with Crippen molar-refractivity contribution in [2.45, 2.75) is 50.7 Å². The number of carbonyl (C=O) groups is 1. The number of benzene rings is 1. The van der Waals surface area contributed by atoms with E-state index in [-0.39, 0.29) is 17.8 Å².